The predicted octanol–water partition coefficient (Wildman–Crippen LogP) is 4.04. The Morgan fingerprint density at radius 2 is 1.75 bits per heavy atom. The van der Waals surface area contributed by atoms with Crippen LogP contribution in [0.2, 0.25) is 0 Å². The number of ether oxygens (including phenoxy) is 1. The average molecular weight is 342 g/mol. The molecule has 20 heavy (non-hydrogen) atoms. The van der Waals surface area contributed by atoms with E-state index in [0.29, 0.717) is 15.6 Å². The lowest BCUT2D eigenvalue weighted by Crippen LogP contribution is -2.20. The quantitative estimate of drug-likeness (QED) is 0.905. The third-order valence-electron chi connectivity index (χ3n) is 3.11. The third-order valence-corrected chi connectivity index (χ3v) is 3.94. The van der Waals surface area contributed by atoms with Crippen LogP contribution in [0.5, 0.6) is 5.75 Å². The van der Waals surface area contributed by atoms with Crippen molar-refractivity contribution >= 4 is 15.9 Å². The summed E-state index contributed by atoms with van der Waals surface area (Å²) >= 11 is 3.21. The Labute approximate surface area is 124 Å². The fourth-order valence-corrected chi connectivity index (χ4v) is 2.62. The van der Waals surface area contributed by atoms with Crippen molar-refractivity contribution in [1.82, 2.24) is 5.32 Å². The van der Waals surface area contributed by atoms with Gasteiger partial charge in [0.15, 0.2) is 11.6 Å². The Hall–Kier alpha value is -1.46. The molecule has 0 aliphatic heterocycles. The summed E-state index contributed by atoms with van der Waals surface area (Å²) in [6, 6.07) is 9.11. The second-order valence-electron chi connectivity index (χ2n) is 4.23. The standard InChI is InChI=1S/C15H14BrF2NO/c1-19-15(9-5-3-7-11(17)13(9)16)10-6-4-8-12(20-2)14(10)18/h3-8,15,19H,1-2H3. The highest BCUT2D eigenvalue weighted by Gasteiger charge is 2.21. The minimum atomic E-state index is -0.477. The monoisotopic (exact) mass is 341 g/mol. The maximum Gasteiger partial charge on any atom is 0.170 e. The second-order valence-corrected chi connectivity index (χ2v) is 5.02. The van der Waals surface area contributed by atoms with Crippen LogP contribution < -0.4 is 10.1 Å². The van der Waals surface area contributed by atoms with Crippen molar-refractivity contribution < 1.29 is 13.5 Å². The first-order valence-corrected chi connectivity index (χ1v) is 6.83. The van der Waals surface area contributed by atoms with Gasteiger partial charge in [0.1, 0.15) is 5.82 Å². The smallest absolute Gasteiger partial charge is 0.170 e. The number of hydrogen-bond acceptors (Lipinski definition) is 2. The van der Waals surface area contributed by atoms with E-state index in [9.17, 15) is 8.78 Å². The molecule has 1 atom stereocenters. The van der Waals surface area contributed by atoms with Gasteiger partial charge in [0.2, 0.25) is 0 Å². The van der Waals surface area contributed by atoms with Crippen LogP contribution in [0.25, 0.3) is 0 Å². The molecule has 0 saturated carbocycles. The maximum absolute atomic E-state index is 14.4. The Morgan fingerprint density at radius 3 is 2.40 bits per heavy atom. The zero-order valence-corrected chi connectivity index (χ0v) is 12.7. The summed E-state index contributed by atoms with van der Waals surface area (Å²) in [5.41, 5.74) is 1.03. The molecule has 2 aromatic carbocycles. The van der Waals surface area contributed by atoms with Crippen LogP contribution in [0, 0.1) is 11.6 Å². The number of methoxy groups -OCH3 is 1. The minimum absolute atomic E-state index is 0.162. The summed E-state index contributed by atoms with van der Waals surface area (Å²) in [5, 5.41) is 3.00. The molecular weight excluding hydrogens is 328 g/mol. The van der Waals surface area contributed by atoms with Gasteiger partial charge in [-0.2, -0.15) is 0 Å². The van der Waals surface area contributed by atoms with Gasteiger partial charge in [-0.3, -0.25) is 0 Å². The van der Waals surface area contributed by atoms with E-state index >= 15 is 0 Å². The van der Waals surface area contributed by atoms with E-state index in [0.717, 1.165) is 0 Å². The number of halogens is 3. The number of hydrogen-bond donors (Lipinski definition) is 1. The molecule has 2 aromatic rings. The van der Waals surface area contributed by atoms with Crippen molar-refractivity contribution in [3.05, 3.63) is 63.6 Å². The summed E-state index contributed by atoms with van der Waals surface area (Å²) in [4.78, 5) is 0. The van der Waals surface area contributed by atoms with Crippen molar-refractivity contribution in [2.24, 2.45) is 0 Å². The maximum atomic E-state index is 14.4. The Balaban J connectivity index is 2.56. The predicted molar refractivity (Wildman–Crippen MR) is 78.0 cm³/mol. The van der Waals surface area contributed by atoms with Crippen LogP contribution in [-0.2, 0) is 0 Å². The second kappa shape index (κ2) is 6.33. The van der Waals surface area contributed by atoms with Gasteiger partial charge in [0.05, 0.1) is 17.6 Å². The van der Waals surface area contributed by atoms with Crippen molar-refractivity contribution in [3.63, 3.8) is 0 Å². The molecule has 0 fully saturated rings. The lowest BCUT2D eigenvalue weighted by atomic mass is 9.98. The molecule has 0 aromatic heterocycles. The molecule has 0 aliphatic carbocycles. The third kappa shape index (κ3) is 2.69. The van der Waals surface area contributed by atoms with Crippen molar-refractivity contribution in [3.8, 4) is 5.75 Å². The topological polar surface area (TPSA) is 21.3 Å². The summed E-state index contributed by atoms with van der Waals surface area (Å²) in [5.74, 6) is -0.674. The molecule has 1 unspecified atom stereocenters. The lowest BCUT2D eigenvalue weighted by Gasteiger charge is -2.20. The van der Waals surface area contributed by atoms with Gasteiger partial charge in [0.25, 0.3) is 0 Å². The number of rotatable bonds is 4. The molecule has 2 nitrogen and oxygen atoms in total. The zero-order valence-electron chi connectivity index (χ0n) is 11.1. The molecule has 106 valence electrons. The van der Waals surface area contributed by atoms with E-state index in [1.165, 1.54) is 13.2 Å². The molecule has 2 rings (SSSR count). The molecule has 0 saturated heterocycles. The molecule has 0 amide bonds. The molecule has 1 N–H and O–H groups in total. The fraction of sp³-hybridized carbons (Fsp3) is 0.200. The summed E-state index contributed by atoms with van der Waals surface area (Å²) in [6.45, 7) is 0. The van der Waals surface area contributed by atoms with Gasteiger partial charge in [-0.25, -0.2) is 8.78 Å². The van der Waals surface area contributed by atoms with Crippen LogP contribution in [0.1, 0.15) is 17.2 Å². The highest BCUT2D eigenvalue weighted by atomic mass is 79.9. The van der Waals surface area contributed by atoms with Gasteiger partial charge in [-0.05, 0) is 40.7 Å². The van der Waals surface area contributed by atoms with Crippen LogP contribution >= 0.6 is 15.9 Å². The normalized spacial score (nSPS) is 12.2. The molecule has 5 heteroatoms. The Kier molecular flexibility index (Phi) is 4.73. The van der Waals surface area contributed by atoms with E-state index in [2.05, 4.69) is 21.2 Å². The van der Waals surface area contributed by atoms with Gasteiger partial charge in [-0.15, -0.1) is 0 Å². The Morgan fingerprint density at radius 1 is 1.10 bits per heavy atom. The van der Waals surface area contributed by atoms with E-state index in [4.69, 9.17) is 4.74 Å². The Bertz CT molecular complexity index is 619. The van der Waals surface area contributed by atoms with Gasteiger partial charge in [-0.1, -0.05) is 24.3 Å². The molecular formula is C15H14BrF2NO. The first-order valence-electron chi connectivity index (χ1n) is 6.03. The van der Waals surface area contributed by atoms with Crippen molar-refractivity contribution in [2.45, 2.75) is 6.04 Å². The summed E-state index contributed by atoms with van der Waals surface area (Å²) in [6.07, 6.45) is 0. The van der Waals surface area contributed by atoms with E-state index in [-0.39, 0.29) is 11.6 Å². The minimum Gasteiger partial charge on any atom is -0.494 e. The van der Waals surface area contributed by atoms with Gasteiger partial charge in [0, 0.05) is 5.56 Å². The van der Waals surface area contributed by atoms with E-state index in [1.807, 2.05) is 0 Å². The first-order chi connectivity index (χ1) is 9.60. The van der Waals surface area contributed by atoms with Crippen LogP contribution in [-0.4, -0.2) is 14.2 Å². The van der Waals surface area contributed by atoms with Crippen molar-refractivity contribution in [1.29, 1.82) is 0 Å². The largest absolute Gasteiger partial charge is 0.494 e. The fourth-order valence-electron chi connectivity index (χ4n) is 2.13. The van der Waals surface area contributed by atoms with Crippen LogP contribution in [0.15, 0.2) is 40.9 Å². The molecule has 0 heterocycles. The van der Waals surface area contributed by atoms with Gasteiger partial charge >= 0.3 is 0 Å². The molecule has 0 bridgehead atoms. The first kappa shape index (κ1) is 14.9. The summed E-state index contributed by atoms with van der Waals surface area (Å²) < 4.78 is 33.3. The number of benzene rings is 2. The lowest BCUT2D eigenvalue weighted by molar-refractivity contribution is 0.382. The van der Waals surface area contributed by atoms with Crippen molar-refractivity contribution in [2.75, 3.05) is 14.2 Å². The number of nitrogens with one attached hydrogen (secondary N) is 1. The highest BCUT2D eigenvalue weighted by molar-refractivity contribution is 9.10. The SMILES string of the molecule is CNC(c1cccc(OC)c1F)c1cccc(F)c1Br. The zero-order chi connectivity index (χ0) is 14.7. The van der Waals surface area contributed by atoms with E-state index in [1.54, 1.807) is 37.4 Å². The summed E-state index contributed by atoms with van der Waals surface area (Å²) in [7, 11) is 3.11. The van der Waals surface area contributed by atoms with E-state index < -0.39 is 11.9 Å². The average Bonchev–Trinajstić information content (AvgIpc) is 2.46. The van der Waals surface area contributed by atoms with Gasteiger partial charge < -0.3 is 10.1 Å². The molecule has 0 aliphatic rings. The molecule has 0 spiro atoms. The van der Waals surface area contributed by atoms with Crippen LogP contribution in [0.4, 0.5) is 8.78 Å². The molecule has 0 radical (unpaired) electrons. The highest BCUT2D eigenvalue weighted by Crippen LogP contribution is 2.33. The van der Waals surface area contributed by atoms with Crippen LogP contribution in [0.3, 0.4) is 0 Å².